The van der Waals surface area contributed by atoms with Gasteiger partial charge in [-0.3, -0.25) is 4.79 Å². The van der Waals surface area contributed by atoms with Gasteiger partial charge in [-0.25, -0.2) is 13.1 Å². The van der Waals surface area contributed by atoms with E-state index in [1.165, 1.54) is 6.07 Å². The number of hydrogen-bond donors (Lipinski definition) is 1. The fraction of sp³-hybridized carbons (Fsp3) is 0.312. The van der Waals surface area contributed by atoms with Crippen LogP contribution in [0.2, 0.25) is 5.02 Å². The van der Waals surface area contributed by atoms with Gasteiger partial charge in [-0.1, -0.05) is 17.7 Å². The lowest BCUT2D eigenvalue weighted by atomic mass is 10.2. The highest BCUT2D eigenvalue weighted by Crippen LogP contribution is 2.25. The van der Waals surface area contributed by atoms with Crippen molar-refractivity contribution in [3.8, 4) is 0 Å². The van der Waals surface area contributed by atoms with E-state index in [-0.39, 0.29) is 16.7 Å². The fourth-order valence-electron chi connectivity index (χ4n) is 2.67. The number of halogens is 2. The van der Waals surface area contributed by atoms with E-state index in [0.717, 1.165) is 20.8 Å². The number of sulfonamides is 1. The van der Waals surface area contributed by atoms with Crippen LogP contribution >= 0.6 is 38.9 Å². The molecule has 26 heavy (non-hydrogen) atoms. The molecule has 140 valence electrons. The average molecular weight is 479 g/mol. The summed E-state index contributed by atoms with van der Waals surface area (Å²) in [6.07, 6.45) is 0. The van der Waals surface area contributed by atoms with E-state index in [1.807, 2.05) is 24.3 Å². The monoisotopic (exact) mass is 477 g/mol. The second kappa shape index (κ2) is 8.26. The van der Waals surface area contributed by atoms with Crippen LogP contribution in [0.25, 0.3) is 0 Å². The fourth-order valence-corrected chi connectivity index (χ4v) is 5.88. The maximum Gasteiger partial charge on any atom is 0.250 e. The maximum atomic E-state index is 12.3. The summed E-state index contributed by atoms with van der Waals surface area (Å²) in [7, 11) is -3.67. The molecule has 0 bridgehead atoms. The Morgan fingerprint density at radius 2 is 1.92 bits per heavy atom. The van der Waals surface area contributed by atoms with Crippen molar-refractivity contribution in [2.45, 2.75) is 4.21 Å². The molecular formula is C16H17BrClN3O3S2. The number of thiophene rings is 1. The number of nitrogens with one attached hydrogen (secondary N) is 1. The number of anilines is 1. The van der Waals surface area contributed by atoms with Crippen LogP contribution < -0.4 is 9.62 Å². The van der Waals surface area contributed by atoms with E-state index < -0.39 is 10.0 Å². The summed E-state index contributed by atoms with van der Waals surface area (Å²) in [6.45, 7) is 2.19. The van der Waals surface area contributed by atoms with Crippen LogP contribution in [0.4, 0.5) is 5.69 Å². The van der Waals surface area contributed by atoms with Gasteiger partial charge < -0.3 is 9.80 Å². The van der Waals surface area contributed by atoms with Crippen molar-refractivity contribution in [3.05, 3.63) is 45.2 Å². The van der Waals surface area contributed by atoms with Crippen molar-refractivity contribution >= 4 is 60.5 Å². The second-order valence-corrected chi connectivity index (χ2v) is 10.6. The first-order chi connectivity index (χ1) is 12.3. The first kappa shape index (κ1) is 19.6. The highest BCUT2D eigenvalue weighted by atomic mass is 79.9. The minimum atomic E-state index is -3.67. The minimum absolute atomic E-state index is 0.183. The van der Waals surface area contributed by atoms with Crippen molar-refractivity contribution in [2.24, 2.45) is 0 Å². The van der Waals surface area contributed by atoms with Crippen LogP contribution in [0.3, 0.4) is 0 Å². The topological polar surface area (TPSA) is 69.7 Å². The summed E-state index contributed by atoms with van der Waals surface area (Å²) in [5.41, 5.74) is 1.02. The molecule has 10 heteroatoms. The molecule has 0 aliphatic carbocycles. The molecule has 0 spiro atoms. The predicted molar refractivity (Wildman–Crippen MR) is 107 cm³/mol. The first-order valence-electron chi connectivity index (χ1n) is 7.88. The maximum absolute atomic E-state index is 12.3. The molecule has 3 rings (SSSR count). The van der Waals surface area contributed by atoms with Gasteiger partial charge in [-0.15, -0.1) is 11.3 Å². The van der Waals surface area contributed by atoms with Crippen LogP contribution in [-0.4, -0.2) is 51.9 Å². The van der Waals surface area contributed by atoms with Gasteiger partial charge in [0.05, 0.1) is 10.3 Å². The van der Waals surface area contributed by atoms with Crippen LogP contribution in [0, 0.1) is 0 Å². The number of amides is 1. The molecule has 1 fully saturated rings. The molecule has 1 N–H and O–H groups in total. The molecule has 0 saturated carbocycles. The zero-order valence-corrected chi connectivity index (χ0v) is 17.7. The molecule has 1 amide bonds. The summed E-state index contributed by atoms with van der Waals surface area (Å²) in [5, 5.41) is 0.677. The van der Waals surface area contributed by atoms with Gasteiger partial charge in [0, 0.05) is 36.9 Å². The van der Waals surface area contributed by atoms with Gasteiger partial charge in [0.25, 0.3) is 10.0 Å². The van der Waals surface area contributed by atoms with E-state index in [0.29, 0.717) is 31.2 Å². The highest BCUT2D eigenvalue weighted by molar-refractivity contribution is 9.11. The lowest BCUT2D eigenvalue weighted by Crippen LogP contribution is -2.51. The lowest BCUT2D eigenvalue weighted by Gasteiger charge is -2.36. The number of nitrogens with zero attached hydrogens (tertiary/aromatic N) is 2. The van der Waals surface area contributed by atoms with E-state index in [9.17, 15) is 13.2 Å². The van der Waals surface area contributed by atoms with Crippen molar-refractivity contribution in [3.63, 3.8) is 0 Å². The Kier molecular flexibility index (Phi) is 6.24. The Balaban J connectivity index is 1.52. The third-order valence-corrected chi connectivity index (χ3v) is 7.78. The standard InChI is InChI=1S/C16H17BrClN3O3S2/c17-14-4-5-16(25-14)26(23,24)19-11-15(22)21-8-6-20(7-9-21)13-3-1-2-12(18)10-13/h1-5,10,19H,6-9,11H2. The number of benzene rings is 1. The number of rotatable bonds is 5. The Bertz CT molecular complexity index is 896. The molecule has 1 aliphatic rings. The van der Waals surface area contributed by atoms with Crippen molar-refractivity contribution in [1.29, 1.82) is 0 Å². The molecule has 0 radical (unpaired) electrons. The SMILES string of the molecule is O=C(CNS(=O)(=O)c1ccc(Br)s1)N1CCN(c2cccc(Cl)c2)CC1. The number of carbonyl (C=O) groups excluding carboxylic acids is 1. The Labute approximate surface area is 169 Å². The van der Waals surface area contributed by atoms with Crippen molar-refractivity contribution < 1.29 is 13.2 Å². The van der Waals surface area contributed by atoms with Gasteiger partial charge in [0.2, 0.25) is 5.91 Å². The Morgan fingerprint density at radius 1 is 1.19 bits per heavy atom. The molecule has 1 aromatic carbocycles. The minimum Gasteiger partial charge on any atom is -0.368 e. The van der Waals surface area contributed by atoms with Crippen LogP contribution in [-0.2, 0) is 14.8 Å². The molecule has 6 nitrogen and oxygen atoms in total. The van der Waals surface area contributed by atoms with Gasteiger partial charge in [-0.2, -0.15) is 0 Å². The molecule has 1 aromatic heterocycles. The average Bonchev–Trinajstić information content (AvgIpc) is 3.07. The van der Waals surface area contributed by atoms with Crippen molar-refractivity contribution in [1.82, 2.24) is 9.62 Å². The van der Waals surface area contributed by atoms with E-state index in [2.05, 4.69) is 25.6 Å². The molecular weight excluding hydrogens is 462 g/mol. The van der Waals surface area contributed by atoms with E-state index in [4.69, 9.17) is 11.6 Å². The molecule has 1 aliphatic heterocycles. The largest absolute Gasteiger partial charge is 0.368 e. The number of piperazine rings is 1. The summed E-state index contributed by atoms with van der Waals surface area (Å²) in [6, 6.07) is 10.8. The Hall–Kier alpha value is -1.13. The van der Waals surface area contributed by atoms with Gasteiger partial charge in [0.1, 0.15) is 4.21 Å². The summed E-state index contributed by atoms with van der Waals surface area (Å²) < 4.78 is 27.7. The highest BCUT2D eigenvalue weighted by Gasteiger charge is 2.24. The molecule has 0 unspecified atom stereocenters. The van der Waals surface area contributed by atoms with E-state index >= 15 is 0 Å². The Morgan fingerprint density at radius 3 is 2.54 bits per heavy atom. The van der Waals surface area contributed by atoms with Gasteiger partial charge in [0.15, 0.2) is 0 Å². The van der Waals surface area contributed by atoms with Crippen LogP contribution in [0.5, 0.6) is 0 Å². The van der Waals surface area contributed by atoms with Gasteiger partial charge in [-0.05, 0) is 46.3 Å². The molecule has 2 aromatic rings. The smallest absolute Gasteiger partial charge is 0.250 e. The first-order valence-corrected chi connectivity index (χ1v) is 11.4. The molecule has 1 saturated heterocycles. The van der Waals surface area contributed by atoms with E-state index in [1.54, 1.807) is 11.0 Å². The summed E-state index contributed by atoms with van der Waals surface area (Å²) in [5.74, 6) is -0.227. The quantitative estimate of drug-likeness (QED) is 0.717. The zero-order chi connectivity index (χ0) is 18.7. The van der Waals surface area contributed by atoms with Gasteiger partial charge >= 0.3 is 0 Å². The van der Waals surface area contributed by atoms with Crippen LogP contribution in [0.1, 0.15) is 0 Å². The lowest BCUT2D eigenvalue weighted by molar-refractivity contribution is -0.130. The molecule has 0 atom stereocenters. The zero-order valence-electron chi connectivity index (χ0n) is 13.7. The predicted octanol–water partition coefficient (Wildman–Crippen LogP) is 2.79. The number of hydrogen-bond acceptors (Lipinski definition) is 5. The second-order valence-electron chi connectivity index (χ2n) is 5.73. The summed E-state index contributed by atoms with van der Waals surface area (Å²) in [4.78, 5) is 16.2. The number of carbonyl (C=O) groups is 1. The third-order valence-electron chi connectivity index (χ3n) is 4.03. The van der Waals surface area contributed by atoms with Crippen LogP contribution in [0.15, 0.2) is 44.4 Å². The summed E-state index contributed by atoms with van der Waals surface area (Å²) >= 11 is 10.4. The van der Waals surface area contributed by atoms with Crippen molar-refractivity contribution in [2.75, 3.05) is 37.6 Å². The third kappa shape index (κ3) is 4.77. The normalized spacial score (nSPS) is 15.3. The molecule has 2 heterocycles.